The summed E-state index contributed by atoms with van der Waals surface area (Å²) in [5.74, 6) is -0.277. The van der Waals surface area contributed by atoms with Crippen molar-refractivity contribution in [2.75, 3.05) is 5.32 Å². The van der Waals surface area contributed by atoms with Crippen LogP contribution in [-0.2, 0) is 11.4 Å². The molecule has 4 nitrogen and oxygen atoms in total. The number of rotatable bonds is 5. The Balaban J connectivity index is 2.72. The summed E-state index contributed by atoms with van der Waals surface area (Å²) in [6.07, 6.45) is 2.02. The summed E-state index contributed by atoms with van der Waals surface area (Å²) in [5.41, 5.74) is 6.88. The molecule has 0 saturated carbocycles. The Morgan fingerprint density at radius 1 is 1.56 bits per heavy atom. The van der Waals surface area contributed by atoms with Gasteiger partial charge in [0.05, 0.1) is 12.6 Å². The number of hydrogen-bond donors (Lipinski definition) is 3. The highest BCUT2D eigenvalue weighted by Crippen LogP contribution is 2.14. The molecule has 1 amide bonds. The van der Waals surface area contributed by atoms with Crippen LogP contribution in [0.3, 0.4) is 0 Å². The van der Waals surface area contributed by atoms with Crippen LogP contribution in [0.5, 0.6) is 0 Å². The van der Waals surface area contributed by atoms with Gasteiger partial charge < -0.3 is 16.2 Å². The minimum absolute atomic E-state index is 0.118. The van der Waals surface area contributed by atoms with Crippen molar-refractivity contribution in [3.8, 4) is 0 Å². The number of benzene rings is 1. The summed E-state index contributed by atoms with van der Waals surface area (Å²) in [5, 5.41) is 11.7. The number of nitrogens with one attached hydrogen (secondary N) is 1. The van der Waals surface area contributed by atoms with E-state index in [4.69, 9.17) is 10.8 Å². The zero-order valence-electron chi connectivity index (χ0n) is 9.02. The smallest absolute Gasteiger partial charge is 0.241 e. The first-order valence-electron chi connectivity index (χ1n) is 5.05. The summed E-state index contributed by atoms with van der Waals surface area (Å²) in [4.78, 5) is 11.6. The standard InChI is InChI=1S/C12H16N2O2/c1-2-5-10(13)12(16)14-11-7-4-3-6-9(11)8-15/h2-4,6-7,10,15H,1,5,8,13H2,(H,14,16). The second kappa shape index (κ2) is 6.05. The maximum Gasteiger partial charge on any atom is 0.241 e. The van der Waals surface area contributed by atoms with Crippen LogP contribution in [0.25, 0.3) is 0 Å². The van der Waals surface area contributed by atoms with Gasteiger partial charge in [0.2, 0.25) is 5.91 Å². The molecule has 1 aromatic rings. The van der Waals surface area contributed by atoms with Gasteiger partial charge in [0.1, 0.15) is 0 Å². The minimum atomic E-state index is -0.607. The van der Waals surface area contributed by atoms with E-state index < -0.39 is 6.04 Å². The highest BCUT2D eigenvalue weighted by atomic mass is 16.3. The minimum Gasteiger partial charge on any atom is -0.392 e. The van der Waals surface area contributed by atoms with Crippen molar-refractivity contribution >= 4 is 11.6 Å². The second-order valence-corrected chi connectivity index (χ2v) is 3.44. The van der Waals surface area contributed by atoms with Crippen LogP contribution in [0.4, 0.5) is 5.69 Å². The number of carbonyl (C=O) groups excluding carboxylic acids is 1. The van der Waals surface area contributed by atoms with Crippen LogP contribution in [0, 0.1) is 0 Å². The molecule has 1 rings (SSSR count). The zero-order chi connectivity index (χ0) is 12.0. The van der Waals surface area contributed by atoms with Crippen molar-refractivity contribution in [3.63, 3.8) is 0 Å². The van der Waals surface area contributed by atoms with Gasteiger partial charge in [0, 0.05) is 11.3 Å². The highest BCUT2D eigenvalue weighted by molar-refractivity contribution is 5.95. The van der Waals surface area contributed by atoms with Crippen molar-refractivity contribution in [2.24, 2.45) is 5.73 Å². The molecule has 0 heterocycles. The number of amides is 1. The van der Waals surface area contributed by atoms with Gasteiger partial charge in [0.15, 0.2) is 0 Å². The Labute approximate surface area is 94.8 Å². The molecule has 1 aromatic carbocycles. The molecule has 86 valence electrons. The molecular weight excluding hydrogens is 204 g/mol. The van der Waals surface area contributed by atoms with Gasteiger partial charge >= 0.3 is 0 Å². The lowest BCUT2D eigenvalue weighted by molar-refractivity contribution is -0.117. The third-order valence-electron chi connectivity index (χ3n) is 2.20. The largest absolute Gasteiger partial charge is 0.392 e. The Morgan fingerprint density at radius 2 is 2.25 bits per heavy atom. The molecule has 1 atom stereocenters. The number of hydrogen-bond acceptors (Lipinski definition) is 3. The van der Waals surface area contributed by atoms with Crippen LogP contribution < -0.4 is 11.1 Å². The first kappa shape index (κ1) is 12.4. The van der Waals surface area contributed by atoms with E-state index in [0.29, 0.717) is 17.7 Å². The van der Waals surface area contributed by atoms with E-state index in [1.165, 1.54) is 0 Å². The average molecular weight is 220 g/mol. The van der Waals surface area contributed by atoms with Gasteiger partial charge in [-0.15, -0.1) is 6.58 Å². The van der Waals surface area contributed by atoms with Gasteiger partial charge in [-0.3, -0.25) is 4.79 Å². The van der Waals surface area contributed by atoms with E-state index in [1.54, 1.807) is 30.3 Å². The van der Waals surface area contributed by atoms with E-state index in [-0.39, 0.29) is 12.5 Å². The number of anilines is 1. The Bertz CT molecular complexity index is 377. The highest BCUT2D eigenvalue weighted by Gasteiger charge is 2.12. The van der Waals surface area contributed by atoms with Gasteiger partial charge in [-0.1, -0.05) is 24.3 Å². The van der Waals surface area contributed by atoms with Crippen molar-refractivity contribution in [2.45, 2.75) is 19.1 Å². The molecule has 4 N–H and O–H groups in total. The molecule has 0 aliphatic carbocycles. The van der Waals surface area contributed by atoms with Gasteiger partial charge in [-0.05, 0) is 12.5 Å². The van der Waals surface area contributed by atoms with Crippen LogP contribution in [-0.4, -0.2) is 17.1 Å². The van der Waals surface area contributed by atoms with Crippen LogP contribution in [0.15, 0.2) is 36.9 Å². The molecule has 0 bridgehead atoms. The number of nitrogens with two attached hydrogens (primary N) is 1. The number of aliphatic hydroxyl groups is 1. The SMILES string of the molecule is C=CCC(N)C(=O)Nc1ccccc1CO. The lowest BCUT2D eigenvalue weighted by atomic mass is 10.1. The molecular formula is C12H16N2O2. The van der Waals surface area contributed by atoms with E-state index in [1.807, 2.05) is 0 Å². The maximum absolute atomic E-state index is 11.6. The quantitative estimate of drug-likeness (QED) is 0.648. The molecule has 0 saturated heterocycles. The second-order valence-electron chi connectivity index (χ2n) is 3.44. The van der Waals surface area contributed by atoms with E-state index in [0.717, 1.165) is 0 Å². The third kappa shape index (κ3) is 3.18. The topological polar surface area (TPSA) is 75.4 Å². The number of aliphatic hydroxyl groups excluding tert-OH is 1. The maximum atomic E-state index is 11.6. The third-order valence-corrected chi connectivity index (χ3v) is 2.20. The molecule has 0 fully saturated rings. The molecule has 0 spiro atoms. The van der Waals surface area contributed by atoms with E-state index in [2.05, 4.69) is 11.9 Å². The molecule has 16 heavy (non-hydrogen) atoms. The fraction of sp³-hybridized carbons (Fsp3) is 0.250. The summed E-state index contributed by atoms with van der Waals surface area (Å²) in [7, 11) is 0. The Hall–Kier alpha value is -1.65. The first-order chi connectivity index (χ1) is 7.69. The molecule has 0 aliphatic rings. The lowest BCUT2D eigenvalue weighted by Gasteiger charge is -2.12. The number of para-hydroxylation sites is 1. The fourth-order valence-electron chi connectivity index (χ4n) is 1.29. The van der Waals surface area contributed by atoms with Crippen molar-refractivity contribution in [1.82, 2.24) is 0 Å². The molecule has 0 aromatic heterocycles. The van der Waals surface area contributed by atoms with E-state index in [9.17, 15) is 4.79 Å². The normalized spacial score (nSPS) is 11.9. The van der Waals surface area contributed by atoms with Crippen molar-refractivity contribution in [3.05, 3.63) is 42.5 Å². The van der Waals surface area contributed by atoms with Gasteiger partial charge in [-0.25, -0.2) is 0 Å². The average Bonchev–Trinajstić information content (AvgIpc) is 2.30. The zero-order valence-corrected chi connectivity index (χ0v) is 9.02. The predicted octanol–water partition coefficient (Wildman–Crippen LogP) is 1.02. The molecule has 0 radical (unpaired) electrons. The Morgan fingerprint density at radius 3 is 2.88 bits per heavy atom. The van der Waals surface area contributed by atoms with Crippen molar-refractivity contribution in [1.29, 1.82) is 0 Å². The monoisotopic (exact) mass is 220 g/mol. The number of carbonyl (C=O) groups is 1. The molecule has 1 unspecified atom stereocenters. The van der Waals surface area contributed by atoms with Crippen molar-refractivity contribution < 1.29 is 9.90 Å². The predicted molar refractivity (Wildman–Crippen MR) is 63.8 cm³/mol. The summed E-state index contributed by atoms with van der Waals surface area (Å²) in [6, 6.07) is 6.45. The molecule has 0 aliphatic heterocycles. The van der Waals surface area contributed by atoms with Gasteiger partial charge in [-0.2, -0.15) is 0 Å². The lowest BCUT2D eigenvalue weighted by Crippen LogP contribution is -2.35. The summed E-state index contributed by atoms with van der Waals surface area (Å²) in [6.45, 7) is 3.41. The van der Waals surface area contributed by atoms with Crippen LogP contribution in [0.1, 0.15) is 12.0 Å². The van der Waals surface area contributed by atoms with Crippen LogP contribution >= 0.6 is 0 Å². The first-order valence-corrected chi connectivity index (χ1v) is 5.05. The Kier molecular flexibility index (Phi) is 4.69. The van der Waals surface area contributed by atoms with Crippen LogP contribution in [0.2, 0.25) is 0 Å². The van der Waals surface area contributed by atoms with E-state index >= 15 is 0 Å². The summed E-state index contributed by atoms with van der Waals surface area (Å²) >= 11 is 0. The summed E-state index contributed by atoms with van der Waals surface area (Å²) < 4.78 is 0. The fourth-order valence-corrected chi connectivity index (χ4v) is 1.29. The van der Waals surface area contributed by atoms with Gasteiger partial charge in [0.25, 0.3) is 0 Å². The molecule has 4 heteroatoms.